The number of hydrogen-bond acceptors (Lipinski definition) is 6. The Morgan fingerprint density at radius 2 is 0.931 bits per heavy atom. The van der Waals surface area contributed by atoms with E-state index >= 15 is 0 Å². The lowest BCUT2D eigenvalue weighted by molar-refractivity contribution is 0.474. The van der Waals surface area contributed by atoms with Crippen molar-refractivity contribution < 1.29 is 18.6 Å². The first-order valence-corrected chi connectivity index (χ1v) is 10.1. The third-order valence-corrected chi connectivity index (χ3v) is 5.67. The molecule has 2 aromatic carbocycles. The predicted molar refractivity (Wildman–Crippen MR) is 109 cm³/mol. The minimum absolute atomic E-state index is 0.00894. The first-order valence-electron chi connectivity index (χ1n) is 8.62. The second-order valence-corrected chi connectivity index (χ2v) is 7.87. The van der Waals surface area contributed by atoms with E-state index in [1.165, 1.54) is 48.5 Å². The summed E-state index contributed by atoms with van der Waals surface area (Å²) in [4.78, 5) is 8.57. The zero-order chi connectivity index (χ0) is 20.7. The van der Waals surface area contributed by atoms with Crippen molar-refractivity contribution in [2.24, 2.45) is 0 Å². The fourth-order valence-corrected chi connectivity index (χ4v) is 3.68. The van der Waals surface area contributed by atoms with E-state index < -0.39 is 9.84 Å². The predicted octanol–water partition coefficient (Wildman–Crippen LogP) is 4.07. The van der Waals surface area contributed by atoms with Gasteiger partial charge in [-0.05, 0) is 72.8 Å². The van der Waals surface area contributed by atoms with Crippen molar-refractivity contribution in [2.75, 3.05) is 0 Å². The van der Waals surface area contributed by atoms with Gasteiger partial charge in [0, 0.05) is 12.4 Å². The molecular formula is C22H18N2O4S. The van der Waals surface area contributed by atoms with Gasteiger partial charge in [-0.3, -0.25) is 9.97 Å². The molecule has 0 spiro atoms. The summed E-state index contributed by atoms with van der Waals surface area (Å²) < 4.78 is 24.2. The summed E-state index contributed by atoms with van der Waals surface area (Å²) in [7, 11) is -3.59. The highest BCUT2D eigenvalue weighted by atomic mass is 32.2. The van der Waals surface area contributed by atoms with Gasteiger partial charge >= 0.3 is 0 Å². The average molecular weight is 406 g/mol. The number of nitrogens with zero attached hydrogens (tertiary/aromatic N) is 2. The highest BCUT2D eigenvalue weighted by Gasteiger charge is 2.17. The summed E-state index contributed by atoms with van der Waals surface area (Å²) in [6.07, 6.45) is 3.54. The van der Waals surface area contributed by atoms with Crippen molar-refractivity contribution >= 4 is 9.84 Å². The van der Waals surface area contributed by atoms with Crippen LogP contribution >= 0.6 is 0 Å². The molecule has 4 rings (SSSR count). The van der Waals surface area contributed by atoms with Crippen LogP contribution in [0.15, 0.2) is 107 Å². The lowest BCUT2D eigenvalue weighted by atomic mass is 10.2. The quantitative estimate of drug-likeness (QED) is 0.532. The molecule has 0 fully saturated rings. The van der Waals surface area contributed by atoms with Gasteiger partial charge in [0.05, 0.1) is 21.2 Å². The molecule has 7 heteroatoms. The fourth-order valence-electron chi connectivity index (χ4n) is 2.42. The number of sulfone groups is 1. The number of benzene rings is 2. The number of pyridine rings is 2. The van der Waals surface area contributed by atoms with Gasteiger partial charge in [0.25, 0.3) is 0 Å². The zero-order valence-corrected chi connectivity index (χ0v) is 16.1. The van der Waals surface area contributed by atoms with Crippen molar-refractivity contribution in [1.82, 2.24) is 9.97 Å². The maximum absolute atomic E-state index is 12.1. The van der Waals surface area contributed by atoms with E-state index in [0.29, 0.717) is 0 Å². The molecule has 0 aliphatic rings. The van der Waals surface area contributed by atoms with Gasteiger partial charge in [-0.2, -0.15) is 0 Å². The van der Waals surface area contributed by atoms with E-state index in [1.807, 2.05) is 36.4 Å². The third kappa shape index (κ3) is 5.18. The Balaban J connectivity index is 0.000000176. The Kier molecular flexibility index (Phi) is 6.21. The Labute approximate surface area is 168 Å². The molecule has 0 saturated carbocycles. The normalized spacial score (nSPS) is 10.6. The molecule has 2 aromatic heterocycles. The van der Waals surface area contributed by atoms with Crippen LogP contribution in [0.4, 0.5) is 0 Å². The summed E-state index contributed by atoms with van der Waals surface area (Å²) in [5.74, 6) is 0.0179. The zero-order valence-electron chi connectivity index (χ0n) is 15.3. The summed E-state index contributed by atoms with van der Waals surface area (Å²) in [6.45, 7) is 0. The molecule has 0 radical (unpaired) electrons. The first-order chi connectivity index (χ1) is 14.0. The molecule has 0 atom stereocenters. The molecule has 2 heterocycles. The van der Waals surface area contributed by atoms with E-state index in [2.05, 4.69) is 9.97 Å². The monoisotopic (exact) mass is 406 g/mol. The largest absolute Gasteiger partial charge is 0.508 e. The average Bonchev–Trinajstić information content (AvgIpc) is 2.76. The summed E-state index contributed by atoms with van der Waals surface area (Å²) in [5, 5.41) is 18.2. The molecule has 4 aromatic rings. The first kappa shape index (κ1) is 20.0. The summed E-state index contributed by atoms with van der Waals surface area (Å²) in [6, 6.07) is 22.2. The molecular weight excluding hydrogens is 388 g/mol. The van der Waals surface area contributed by atoms with Crippen LogP contribution in [0.2, 0.25) is 0 Å². The molecule has 146 valence electrons. The number of rotatable bonds is 3. The van der Waals surface area contributed by atoms with Crippen LogP contribution in [-0.4, -0.2) is 28.6 Å². The van der Waals surface area contributed by atoms with Crippen LogP contribution in [0, 0.1) is 0 Å². The van der Waals surface area contributed by atoms with E-state index in [9.17, 15) is 8.42 Å². The molecule has 0 saturated heterocycles. The van der Waals surface area contributed by atoms with Crippen LogP contribution in [0.25, 0.3) is 11.4 Å². The van der Waals surface area contributed by atoms with Crippen LogP contribution in [0.5, 0.6) is 11.5 Å². The second-order valence-electron chi connectivity index (χ2n) is 5.92. The second kappa shape index (κ2) is 8.99. The molecule has 0 unspecified atom stereocenters. The standard InChI is InChI=1S/C12H10O4S.C10H8N2/c13-9-1-5-11(6-2-9)17(15,16)12-7-3-10(14)4-8-12;1-3-7-11-9(5-1)10-6-2-4-8-12-10/h1-8,13-14H;1-8H. The number of aromatic nitrogens is 2. The summed E-state index contributed by atoms with van der Waals surface area (Å²) >= 11 is 0. The summed E-state index contributed by atoms with van der Waals surface area (Å²) in [5.41, 5.74) is 1.83. The van der Waals surface area contributed by atoms with E-state index in [-0.39, 0.29) is 21.3 Å². The lowest BCUT2D eigenvalue weighted by Gasteiger charge is -2.04. The number of phenols is 2. The molecule has 0 bridgehead atoms. The van der Waals surface area contributed by atoms with Gasteiger partial charge in [0.2, 0.25) is 9.84 Å². The van der Waals surface area contributed by atoms with E-state index in [0.717, 1.165) is 11.4 Å². The third-order valence-electron chi connectivity index (χ3n) is 3.89. The SMILES string of the molecule is O=S(=O)(c1ccc(O)cc1)c1ccc(O)cc1.c1ccc(-c2ccccn2)nc1. The Morgan fingerprint density at radius 3 is 1.24 bits per heavy atom. The van der Waals surface area contributed by atoms with Gasteiger partial charge in [0.15, 0.2) is 0 Å². The highest BCUT2D eigenvalue weighted by molar-refractivity contribution is 7.91. The maximum atomic E-state index is 12.1. The molecule has 0 aliphatic heterocycles. The van der Waals surface area contributed by atoms with Gasteiger partial charge < -0.3 is 10.2 Å². The van der Waals surface area contributed by atoms with E-state index in [1.54, 1.807) is 12.4 Å². The molecule has 0 amide bonds. The topological polar surface area (TPSA) is 100 Å². The van der Waals surface area contributed by atoms with Gasteiger partial charge in [-0.1, -0.05) is 12.1 Å². The van der Waals surface area contributed by atoms with Crippen molar-refractivity contribution in [3.8, 4) is 22.9 Å². The number of phenolic OH excluding ortho intramolecular Hbond substituents is 2. The van der Waals surface area contributed by atoms with Gasteiger partial charge in [-0.25, -0.2) is 8.42 Å². The smallest absolute Gasteiger partial charge is 0.206 e. The Bertz CT molecular complexity index is 1060. The maximum Gasteiger partial charge on any atom is 0.206 e. The Hall–Kier alpha value is -3.71. The van der Waals surface area contributed by atoms with Crippen LogP contribution < -0.4 is 0 Å². The van der Waals surface area contributed by atoms with Gasteiger partial charge in [-0.15, -0.1) is 0 Å². The van der Waals surface area contributed by atoms with Crippen molar-refractivity contribution in [3.05, 3.63) is 97.3 Å². The Morgan fingerprint density at radius 1 is 0.552 bits per heavy atom. The van der Waals surface area contributed by atoms with Crippen LogP contribution in [-0.2, 0) is 9.84 Å². The minimum atomic E-state index is -3.59. The molecule has 0 aliphatic carbocycles. The van der Waals surface area contributed by atoms with Crippen molar-refractivity contribution in [1.29, 1.82) is 0 Å². The molecule has 2 N–H and O–H groups in total. The lowest BCUT2D eigenvalue weighted by Crippen LogP contribution is -2.01. The highest BCUT2D eigenvalue weighted by Crippen LogP contribution is 2.23. The fraction of sp³-hybridized carbons (Fsp3) is 0. The number of aromatic hydroxyl groups is 2. The van der Waals surface area contributed by atoms with Gasteiger partial charge in [0.1, 0.15) is 11.5 Å². The van der Waals surface area contributed by atoms with Crippen LogP contribution in [0.1, 0.15) is 0 Å². The van der Waals surface area contributed by atoms with Crippen molar-refractivity contribution in [2.45, 2.75) is 9.79 Å². The molecule has 29 heavy (non-hydrogen) atoms. The molecule has 6 nitrogen and oxygen atoms in total. The van der Waals surface area contributed by atoms with Crippen molar-refractivity contribution in [3.63, 3.8) is 0 Å². The van der Waals surface area contributed by atoms with E-state index in [4.69, 9.17) is 10.2 Å². The number of hydrogen-bond donors (Lipinski definition) is 2. The minimum Gasteiger partial charge on any atom is -0.508 e. The van der Waals surface area contributed by atoms with Crippen LogP contribution in [0.3, 0.4) is 0 Å².